The molecular weight excluding hydrogens is 185 g/mol. The van der Waals surface area contributed by atoms with E-state index in [0.29, 0.717) is 12.0 Å². The lowest BCUT2D eigenvalue weighted by atomic mass is 10.1. The second-order valence-corrected chi connectivity index (χ2v) is 3.27. The van der Waals surface area contributed by atoms with Crippen LogP contribution in [0.4, 0.5) is 4.39 Å². The molecule has 3 nitrogen and oxygen atoms in total. The summed E-state index contributed by atoms with van der Waals surface area (Å²) in [6.45, 7) is 1.79. The number of hydrogen-bond acceptors (Lipinski definition) is 3. The van der Waals surface area contributed by atoms with Crippen LogP contribution in [0, 0.1) is 5.82 Å². The molecular formula is C10H14FNO2. The fourth-order valence-corrected chi connectivity index (χ4v) is 1.29. The monoisotopic (exact) mass is 199 g/mol. The van der Waals surface area contributed by atoms with Crippen molar-refractivity contribution < 1.29 is 14.2 Å². The van der Waals surface area contributed by atoms with Crippen molar-refractivity contribution in [1.82, 2.24) is 0 Å². The first-order chi connectivity index (χ1) is 6.56. The fourth-order valence-electron chi connectivity index (χ4n) is 1.29. The predicted molar refractivity (Wildman–Crippen MR) is 52.0 cm³/mol. The van der Waals surface area contributed by atoms with Crippen LogP contribution < -0.4 is 10.5 Å². The number of nitrogens with two attached hydrogens (primary N) is 1. The van der Waals surface area contributed by atoms with Gasteiger partial charge in [0.25, 0.3) is 0 Å². The van der Waals surface area contributed by atoms with Crippen molar-refractivity contribution >= 4 is 0 Å². The smallest absolute Gasteiger partial charge is 0.196 e. The first kappa shape index (κ1) is 10.8. The van der Waals surface area contributed by atoms with E-state index in [2.05, 4.69) is 0 Å². The summed E-state index contributed by atoms with van der Waals surface area (Å²) >= 11 is 0. The van der Waals surface area contributed by atoms with Crippen LogP contribution in [-0.2, 0) is 6.42 Å². The summed E-state index contributed by atoms with van der Waals surface area (Å²) in [6, 6.07) is 2.79. The predicted octanol–water partition coefficient (Wildman–Crippen LogP) is 1.43. The average molecular weight is 199 g/mol. The van der Waals surface area contributed by atoms with Gasteiger partial charge in [-0.25, -0.2) is 4.39 Å². The lowest BCUT2D eigenvalue weighted by Crippen LogP contribution is -2.18. The van der Waals surface area contributed by atoms with E-state index in [0.717, 1.165) is 0 Å². The normalized spacial score (nSPS) is 12.6. The number of phenolic OH excluding ortho intramolecular Hbond substituents is 1. The Kier molecular flexibility index (Phi) is 3.30. The molecule has 0 aromatic heterocycles. The standard InChI is InChI=1S/C10H14FNO2/c1-6(12)5-7-3-4-8(13)10(14-2)9(7)11/h3-4,6,13H,5,12H2,1-2H3. The summed E-state index contributed by atoms with van der Waals surface area (Å²) in [5.41, 5.74) is 6.01. The number of aromatic hydroxyl groups is 1. The van der Waals surface area contributed by atoms with Gasteiger partial charge in [-0.2, -0.15) is 0 Å². The minimum atomic E-state index is -0.537. The van der Waals surface area contributed by atoms with E-state index in [1.807, 2.05) is 0 Å². The van der Waals surface area contributed by atoms with Crippen molar-refractivity contribution in [3.63, 3.8) is 0 Å². The van der Waals surface area contributed by atoms with Crippen LogP contribution in [0.1, 0.15) is 12.5 Å². The SMILES string of the molecule is COc1c(O)ccc(CC(C)N)c1F. The second-order valence-electron chi connectivity index (χ2n) is 3.27. The second kappa shape index (κ2) is 4.28. The van der Waals surface area contributed by atoms with E-state index in [1.165, 1.54) is 19.2 Å². The van der Waals surface area contributed by atoms with Gasteiger partial charge >= 0.3 is 0 Å². The van der Waals surface area contributed by atoms with Gasteiger partial charge in [-0.3, -0.25) is 0 Å². The third-order valence-electron chi connectivity index (χ3n) is 1.90. The van der Waals surface area contributed by atoms with Gasteiger partial charge in [-0.05, 0) is 25.0 Å². The van der Waals surface area contributed by atoms with Crippen LogP contribution in [0.25, 0.3) is 0 Å². The quantitative estimate of drug-likeness (QED) is 0.774. The molecule has 0 spiro atoms. The molecule has 0 saturated carbocycles. The molecule has 0 fully saturated rings. The van der Waals surface area contributed by atoms with Gasteiger partial charge in [0, 0.05) is 6.04 Å². The van der Waals surface area contributed by atoms with E-state index in [9.17, 15) is 9.50 Å². The third-order valence-corrected chi connectivity index (χ3v) is 1.90. The Morgan fingerprint density at radius 2 is 2.21 bits per heavy atom. The average Bonchev–Trinajstić information content (AvgIpc) is 2.10. The van der Waals surface area contributed by atoms with Crippen LogP contribution in [-0.4, -0.2) is 18.3 Å². The minimum Gasteiger partial charge on any atom is -0.504 e. The Bertz CT molecular complexity index is 326. The molecule has 0 aliphatic heterocycles. The van der Waals surface area contributed by atoms with Crippen molar-refractivity contribution in [3.05, 3.63) is 23.5 Å². The first-order valence-corrected chi connectivity index (χ1v) is 4.36. The number of ether oxygens (including phenoxy) is 1. The summed E-state index contributed by atoms with van der Waals surface area (Å²) < 4.78 is 18.3. The van der Waals surface area contributed by atoms with E-state index in [-0.39, 0.29) is 17.5 Å². The van der Waals surface area contributed by atoms with Crippen LogP contribution >= 0.6 is 0 Å². The zero-order chi connectivity index (χ0) is 10.7. The lowest BCUT2D eigenvalue weighted by Gasteiger charge is -2.10. The summed E-state index contributed by atoms with van der Waals surface area (Å²) in [6.07, 6.45) is 0.419. The summed E-state index contributed by atoms with van der Waals surface area (Å²) in [7, 11) is 1.31. The molecule has 1 aromatic rings. The molecule has 0 bridgehead atoms. The minimum absolute atomic E-state index is 0.122. The Labute approximate surface area is 82.3 Å². The number of hydrogen-bond donors (Lipinski definition) is 2. The molecule has 1 rings (SSSR count). The van der Waals surface area contributed by atoms with Crippen molar-refractivity contribution in [2.24, 2.45) is 5.73 Å². The van der Waals surface area contributed by atoms with Crippen LogP contribution in [0.5, 0.6) is 11.5 Å². The maximum Gasteiger partial charge on any atom is 0.196 e. The van der Waals surface area contributed by atoms with Crippen molar-refractivity contribution in [2.75, 3.05) is 7.11 Å². The molecule has 0 aliphatic rings. The van der Waals surface area contributed by atoms with Gasteiger partial charge in [-0.1, -0.05) is 6.07 Å². The number of halogens is 1. The van der Waals surface area contributed by atoms with E-state index in [4.69, 9.17) is 10.5 Å². The van der Waals surface area contributed by atoms with Gasteiger partial charge in [0.15, 0.2) is 17.3 Å². The zero-order valence-electron chi connectivity index (χ0n) is 8.25. The molecule has 0 saturated heterocycles. The van der Waals surface area contributed by atoms with Gasteiger partial charge < -0.3 is 15.6 Å². The Hall–Kier alpha value is -1.29. The van der Waals surface area contributed by atoms with Crippen molar-refractivity contribution in [2.45, 2.75) is 19.4 Å². The van der Waals surface area contributed by atoms with Crippen LogP contribution in [0.15, 0.2) is 12.1 Å². The van der Waals surface area contributed by atoms with E-state index in [1.54, 1.807) is 6.92 Å². The lowest BCUT2D eigenvalue weighted by molar-refractivity contribution is 0.349. The Morgan fingerprint density at radius 3 is 2.71 bits per heavy atom. The number of methoxy groups -OCH3 is 1. The molecule has 3 N–H and O–H groups in total. The molecule has 14 heavy (non-hydrogen) atoms. The number of phenols is 1. The third kappa shape index (κ3) is 2.14. The summed E-state index contributed by atoms with van der Waals surface area (Å²) in [5, 5.41) is 9.25. The topological polar surface area (TPSA) is 55.5 Å². The number of benzene rings is 1. The summed E-state index contributed by atoms with van der Waals surface area (Å²) in [5.74, 6) is -0.855. The van der Waals surface area contributed by atoms with Crippen molar-refractivity contribution in [1.29, 1.82) is 0 Å². The number of rotatable bonds is 3. The van der Waals surface area contributed by atoms with E-state index < -0.39 is 5.82 Å². The Balaban J connectivity index is 3.08. The molecule has 0 radical (unpaired) electrons. The van der Waals surface area contributed by atoms with Gasteiger partial charge in [0.2, 0.25) is 0 Å². The fraction of sp³-hybridized carbons (Fsp3) is 0.400. The highest BCUT2D eigenvalue weighted by atomic mass is 19.1. The molecule has 1 unspecified atom stereocenters. The largest absolute Gasteiger partial charge is 0.504 e. The molecule has 0 amide bonds. The molecule has 1 atom stereocenters. The highest BCUT2D eigenvalue weighted by molar-refractivity contribution is 5.43. The van der Waals surface area contributed by atoms with Crippen molar-refractivity contribution in [3.8, 4) is 11.5 Å². The van der Waals surface area contributed by atoms with Crippen LogP contribution in [0.3, 0.4) is 0 Å². The molecule has 78 valence electrons. The highest BCUT2D eigenvalue weighted by Crippen LogP contribution is 2.31. The molecule has 0 heterocycles. The Morgan fingerprint density at radius 1 is 1.57 bits per heavy atom. The summed E-state index contributed by atoms with van der Waals surface area (Å²) in [4.78, 5) is 0. The van der Waals surface area contributed by atoms with E-state index >= 15 is 0 Å². The maximum atomic E-state index is 13.6. The van der Waals surface area contributed by atoms with Gasteiger partial charge in [-0.15, -0.1) is 0 Å². The zero-order valence-corrected chi connectivity index (χ0v) is 8.25. The first-order valence-electron chi connectivity index (χ1n) is 4.36. The molecule has 0 aliphatic carbocycles. The van der Waals surface area contributed by atoms with Gasteiger partial charge in [0.05, 0.1) is 7.11 Å². The highest BCUT2D eigenvalue weighted by Gasteiger charge is 2.14. The molecule has 4 heteroatoms. The van der Waals surface area contributed by atoms with Crippen LogP contribution in [0.2, 0.25) is 0 Å². The van der Waals surface area contributed by atoms with Gasteiger partial charge in [0.1, 0.15) is 0 Å². The molecule has 1 aromatic carbocycles. The maximum absolute atomic E-state index is 13.6.